The van der Waals surface area contributed by atoms with Gasteiger partial charge in [-0.15, -0.1) is 17.5 Å². The minimum atomic E-state index is -0.278. The number of hydrogen-bond acceptors (Lipinski definition) is 5. The fourth-order valence-corrected chi connectivity index (χ4v) is 2.74. The first kappa shape index (κ1) is 18.4. The van der Waals surface area contributed by atoms with Crippen LogP contribution in [0.2, 0.25) is 10.0 Å². The van der Waals surface area contributed by atoms with E-state index in [2.05, 4.69) is 20.9 Å². The number of hydrogen-bond donors (Lipinski definition) is 3. The number of aromatic nitrogens is 3. The summed E-state index contributed by atoms with van der Waals surface area (Å²) in [6, 6.07) is 5.31. The molecular formula is C14H18Cl3N5O. The zero-order valence-corrected chi connectivity index (χ0v) is 14.6. The van der Waals surface area contributed by atoms with Crippen molar-refractivity contribution in [3.63, 3.8) is 0 Å². The van der Waals surface area contributed by atoms with Crippen LogP contribution in [0.3, 0.4) is 0 Å². The summed E-state index contributed by atoms with van der Waals surface area (Å²) in [6.07, 6.45) is 1.56. The molecule has 0 aliphatic carbocycles. The van der Waals surface area contributed by atoms with Crippen LogP contribution in [-0.4, -0.2) is 45.8 Å². The highest BCUT2D eigenvalue weighted by Crippen LogP contribution is 2.24. The van der Waals surface area contributed by atoms with Crippen LogP contribution in [0.5, 0.6) is 0 Å². The van der Waals surface area contributed by atoms with Gasteiger partial charge in [-0.1, -0.05) is 28.4 Å². The molecule has 9 heteroatoms. The van der Waals surface area contributed by atoms with E-state index in [1.165, 1.54) is 0 Å². The Morgan fingerprint density at radius 2 is 2.13 bits per heavy atom. The molecule has 23 heavy (non-hydrogen) atoms. The molecule has 2 aromatic rings. The summed E-state index contributed by atoms with van der Waals surface area (Å²) >= 11 is 11.9. The Morgan fingerprint density at radius 1 is 1.30 bits per heavy atom. The first-order chi connectivity index (χ1) is 10.6. The van der Waals surface area contributed by atoms with Gasteiger partial charge in [0.25, 0.3) is 0 Å². The lowest BCUT2D eigenvalue weighted by atomic mass is 10.1. The molecule has 0 spiro atoms. The average Bonchev–Trinajstić information content (AvgIpc) is 3.12. The third-order valence-corrected chi connectivity index (χ3v) is 4.46. The molecule has 0 amide bonds. The van der Waals surface area contributed by atoms with E-state index in [1.807, 2.05) is 12.3 Å². The maximum absolute atomic E-state index is 9.73. The molecule has 0 saturated carbocycles. The number of rotatable bonds is 5. The van der Waals surface area contributed by atoms with Gasteiger partial charge in [-0.05, 0) is 18.2 Å². The number of nitrogens with one attached hydrogen (secondary N) is 2. The van der Waals surface area contributed by atoms with Crippen LogP contribution in [0.15, 0.2) is 24.4 Å². The molecule has 1 aromatic carbocycles. The Kier molecular flexibility index (Phi) is 6.64. The van der Waals surface area contributed by atoms with Gasteiger partial charge in [-0.25, -0.2) is 4.68 Å². The van der Waals surface area contributed by atoms with E-state index >= 15 is 0 Å². The number of halogens is 3. The lowest BCUT2D eigenvalue weighted by Crippen LogP contribution is -2.30. The minimum absolute atomic E-state index is 0. The zero-order valence-electron chi connectivity index (χ0n) is 12.2. The standard InChI is InChI=1S/C14H17Cl2N5O.ClH/c15-12-2-1-11(3-13(12)16)21-8-10(19-20-21)6-17-4-9-5-18-7-14(9)22;/h1-3,8-9,14,17-18,22H,4-7H2;1H. The van der Waals surface area contributed by atoms with Crippen LogP contribution < -0.4 is 10.6 Å². The van der Waals surface area contributed by atoms with Crippen LogP contribution in [0, 0.1) is 5.92 Å². The van der Waals surface area contributed by atoms with Crippen molar-refractivity contribution in [1.82, 2.24) is 25.6 Å². The predicted octanol–water partition coefficient (Wildman–Crippen LogP) is 1.67. The summed E-state index contributed by atoms with van der Waals surface area (Å²) in [5, 5.41) is 25.4. The van der Waals surface area contributed by atoms with Crippen LogP contribution in [0.4, 0.5) is 0 Å². The van der Waals surface area contributed by atoms with Crippen molar-refractivity contribution in [2.24, 2.45) is 5.92 Å². The first-order valence-corrected chi connectivity index (χ1v) is 7.85. The second kappa shape index (κ2) is 8.28. The van der Waals surface area contributed by atoms with Crippen molar-refractivity contribution in [3.05, 3.63) is 40.1 Å². The van der Waals surface area contributed by atoms with Gasteiger partial charge >= 0.3 is 0 Å². The summed E-state index contributed by atoms with van der Waals surface area (Å²) in [6.45, 7) is 2.85. The summed E-state index contributed by atoms with van der Waals surface area (Å²) in [5.74, 6) is 0.241. The fraction of sp³-hybridized carbons (Fsp3) is 0.429. The van der Waals surface area contributed by atoms with Gasteiger partial charge in [0.05, 0.1) is 33.7 Å². The molecule has 2 atom stereocenters. The second-order valence-corrected chi connectivity index (χ2v) is 6.18. The van der Waals surface area contributed by atoms with E-state index in [-0.39, 0.29) is 24.4 Å². The van der Waals surface area contributed by atoms with Crippen molar-refractivity contribution in [3.8, 4) is 5.69 Å². The van der Waals surface area contributed by atoms with Gasteiger partial charge in [0.1, 0.15) is 0 Å². The molecule has 0 radical (unpaired) electrons. The van der Waals surface area contributed by atoms with Crippen LogP contribution in [0.1, 0.15) is 5.69 Å². The molecule has 1 fully saturated rings. The maximum Gasteiger partial charge on any atom is 0.0969 e. The zero-order chi connectivity index (χ0) is 15.5. The summed E-state index contributed by atoms with van der Waals surface area (Å²) < 4.78 is 1.66. The van der Waals surface area contributed by atoms with Gasteiger partial charge in [0.2, 0.25) is 0 Å². The maximum atomic E-state index is 9.73. The topological polar surface area (TPSA) is 75.0 Å². The van der Waals surface area contributed by atoms with Crippen molar-refractivity contribution in [2.45, 2.75) is 12.6 Å². The second-order valence-electron chi connectivity index (χ2n) is 5.37. The molecule has 6 nitrogen and oxygen atoms in total. The number of β-amino-alcohol motifs (C(OH)–C–C–N with tert-alkyl or cyclic N) is 1. The average molecular weight is 379 g/mol. The predicted molar refractivity (Wildman–Crippen MR) is 92.7 cm³/mol. The largest absolute Gasteiger partial charge is 0.391 e. The number of benzene rings is 1. The Balaban J connectivity index is 0.00000192. The van der Waals surface area contributed by atoms with Crippen molar-refractivity contribution in [1.29, 1.82) is 0 Å². The van der Waals surface area contributed by atoms with Crippen molar-refractivity contribution < 1.29 is 5.11 Å². The molecule has 1 saturated heterocycles. The Hall–Kier alpha value is -0.890. The van der Waals surface area contributed by atoms with Crippen molar-refractivity contribution in [2.75, 3.05) is 19.6 Å². The van der Waals surface area contributed by atoms with Crippen molar-refractivity contribution >= 4 is 35.6 Å². The smallest absolute Gasteiger partial charge is 0.0969 e. The molecule has 3 rings (SSSR count). The number of nitrogens with zero attached hydrogens (tertiary/aromatic N) is 3. The lowest BCUT2D eigenvalue weighted by molar-refractivity contribution is 0.146. The lowest BCUT2D eigenvalue weighted by Gasteiger charge is -2.13. The monoisotopic (exact) mass is 377 g/mol. The highest BCUT2D eigenvalue weighted by Gasteiger charge is 2.24. The highest BCUT2D eigenvalue weighted by atomic mass is 35.5. The van der Waals surface area contributed by atoms with E-state index in [0.29, 0.717) is 23.1 Å². The van der Waals surface area contributed by atoms with Gasteiger partial charge in [-0.3, -0.25) is 0 Å². The normalized spacial score (nSPS) is 20.5. The summed E-state index contributed by atoms with van der Waals surface area (Å²) in [4.78, 5) is 0. The highest BCUT2D eigenvalue weighted by molar-refractivity contribution is 6.42. The molecule has 2 heterocycles. The van der Waals surface area contributed by atoms with E-state index in [0.717, 1.165) is 24.5 Å². The quantitative estimate of drug-likeness (QED) is 0.738. The first-order valence-electron chi connectivity index (χ1n) is 7.09. The molecule has 1 aliphatic rings. The third-order valence-electron chi connectivity index (χ3n) is 3.73. The minimum Gasteiger partial charge on any atom is -0.391 e. The Bertz CT molecular complexity index is 651. The molecule has 2 unspecified atom stereocenters. The molecule has 1 aromatic heterocycles. The van der Waals surface area contributed by atoms with Crippen LogP contribution >= 0.6 is 35.6 Å². The summed E-state index contributed by atoms with van der Waals surface area (Å²) in [5.41, 5.74) is 1.63. The molecular weight excluding hydrogens is 361 g/mol. The van der Waals surface area contributed by atoms with E-state index in [4.69, 9.17) is 23.2 Å². The fourth-order valence-electron chi connectivity index (χ4n) is 2.45. The van der Waals surface area contributed by atoms with Gasteiger partial charge in [-0.2, -0.15) is 0 Å². The SMILES string of the molecule is Cl.OC1CNCC1CNCc1cn(-c2ccc(Cl)c(Cl)c2)nn1. The van der Waals surface area contributed by atoms with E-state index < -0.39 is 0 Å². The summed E-state index contributed by atoms with van der Waals surface area (Å²) in [7, 11) is 0. The molecule has 0 bridgehead atoms. The number of aliphatic hydroxyl groups is 1. The van der Waals surface area contributed by atoms with E-state index in [1.54, 1.807) is 16.8 Å². The van der Waals surface area contributed by atoms with Gasteiger partial charge in [0, 0.05) is 32.1 Å². The van der Waals surface area contributed by atoms with Crippen LogP contribution in [-0.2, 0) is 6.54 Å². The number of aliphatic hydroxyl groups excluding tert-OH is 1. The third kappa shape index (κ3) is 4.56. The van der Waals surface area contributed by atoms with E-state index in [9.17, 15) is 5.11 Å². The molecule has 3 N–H and O–H groups in total. The van der Waals surface area contributed by atoms with Crippen LogP contribution in [0.25, 0.3) is 5.69 Å². The molecule has 126 valence electrons. The molecule has 1 aliphatic heterocycles. The van der Waals surface area contributed by atoms with Gasteiger partial charge < -0.3 is 15.7 Å². The Morgan fingerprint density at radius 3 is 2.83 bits per heavy atom. The Labute approximate surface area is 150 Å². The van der Waals surface area contributed by atoms with Gasteiger partial charge in [0.15, 0.2) is 0 Å².